The number of aliphatic hydroxyl groups is 1. The standard InChI is InChI=1S/C27H30F6N2O3/c1-15(2)13-20(25(37)35-12-11-22-23(35)21(36)14-38-22)34-24(27(31,32)33)18-5-3-16(4-6-18)17-7-9-19(10-8-17)26(28,29)30/h3-10,15,20-24,34,36H,11-14H2,1-2H3/t20-,21-,22+,23+,24-/m0/s1. The van der Waals surface area contributed by atoms with Crippen LogP contribution in [0.15, 0.2) is 48.5 Å². The van der Waals surface area contributed by atoms with Gasteiger partial charge in [0, 0.05) is 6.54 Å². The van der Waals surface area contributed by atoms with Gasteiger partial charge in [0.1, 0.15) is 12.1 Å². The van der Waals surface area contributed by atoms with Crippen LogP contribution in [0.1, 0.15) is 43.9 Å². The fraction of sp³-hybridized carbons (Fsp3) is 0.519. The highest BCUT2D eigenvalue weighted by Gasteiger charge is 2.49. The van der Waals surface area contributed by atoms with Crippen molar-refractivity contribution < 1.29 is 41.0 Å². The molecule has 5 nitrogen and oxygen atoms in total. The monoisotopic (exact) mass is 544 g/mol. The SMILES string of the molecule is CC(C)C[C@H](N[C@@H](c1ccc(-c2ccc(C(F)(F)F)cc2)cc1)C(F)(F)F)C(=O)N1CC[C@H]2OC[C@H](O)[C@H]21. The number of benzene rings is 2. The largest absolute Gasteiger partial charge is 0.416 e. The molecular weight excluding hydrogens is 514 g/mol. The number of alkyl halides is 6. The van der Waals surface area contributed by atoms with Gasteiger partial charge in [0.15, 0.2) is 0 Å². The average Bonchev–Trinajstić information content (AvgIpc) is 3.43. The minimum Gasteiger partial charge on any atom is -0.388 e. The molecule has 0 bridgehead atoms. The molecule has 2 aromatic rings. The third kappa shape index (κ3) is 6.16. The smallest absolute Gasteiger partial charge is 0.388 e. The van der Waals surface area contributed by atoms with Crippen molar-refractivity contribution in [1.82, 2.24) is 10.2 Å². The molecule has 2 heterocycles. The van der Waals surface area contributed by atoms with Gasteiger partial charge in [-0.1, -0.05) is 50.2 Å². The summed E-state index contributed by atoms with van der Waals surface area (Å²) in [5.41, 5.74) is -0.0641. The molecule has 0 spiro atoms. The van der Waals surface area contributed by atoms with Crippen LogP contribution in [0.5, 0.6) is 0 Å². The van der Waals surface area contributed by atoms with Crippen molar-refractivity contribution >= 4 is 5.91 Å². The lowest BCUT2D eigenvalue weighted by atomic mass is 9.97. The summed E-state index contributed by atoms with van der Waals surface area (Å²) in [7, 11) is 0. The van der Waals surface area contributed by atoms with Crippen molar-refractivity contribution in [3.8, 4) is 11.1 Å². The lowest BCUT2D eigenvalue weighted by Crippen LogP contribution is -2.54. The molecule has 0 saturated carbocycles. The fourth-order valence-corrected chi connectivity index (χ4v) is 5.21. The molecule has 0 radical (unpaired) electrons. The molecule has 208 valence electrons. The number of ether oxygens (including phenoxy) is 1. The van der Waals surface area contributed by atoms with Gasteiger partial charge >= 0.3 is 12.4 Å². The van der Waals surface area contributed by atoms with E-state index >= 15 is 0 Å². The summed E-state index contributed by atoms with van der Waals surface area (Å²) in [5, 5.41) is 12.8. The summed E-state index contributed by atoms with van der Waals surface area (Å²) < 4.78 is 86.8. The van der Waals surface area contributed by atoms with Gasteiger partial charge < -0.3 is 14.7 Å². The maximum Gasteiger partial charge on any atom is 0.416 e. The Hall–Kier alpha value is -2.63. The molecule has 11 heteroatoms. The van der Waals surface area contributed by atoms with E-state index in [9.17, 15) is 36.2 Å². The first kappa shape index (κ1) is 28.4. The summed E-state index contributed by atoms with van der Waals surface area (Å²) in [4.78, 5) is 14.9. The molecule has 2 N–H and O–H groups in total. The molecule has 0 unspecified atom stereocenters. The highest BCUT2D eigenvalue weighted by atomic mass is 19.4. The summed E-state index contributed by atoms with van der Waals surface area (Å²) in [6, 6.07) is 5.82. The highest BCUT2D eigenvalue weighted by molar-refractivity contribution is 5.83. The van der Waals surface area contributed by atoms with E-state index < -0.39 is 48.1 Å². The minimum atomic E-state index is -4.73. The second-order valence-corrected chi connectivity index (χ2v) is 10.3. The quantitative estimate of drug-likeness (QED) is 0.462. The second-order valence-electron chi connectivity index (χ2n) is 10.3. The molecule has 0 aromatic heterocycles. The maximum atomic E-state index is 14.2. The van der Waals surface area contributed by atoms with E-state index in [0.717, 1.165) is 12.1 Å². The Kier molecular flexibility index (Phi) is 8.11. The van der Waals surface area contributed by atoms with Crippen LogP contribution in [0, 0.1) is 5.92 Å². The van der Waals surface area contributed by atoms with Crippen molar-refractivity contribution in [1.29, 1.82) is 0 Å². The molecular formula is C27H30F6N2O3. The van der Waals surface area contributed by atoms with Crippen molar-refractivity contribution in [2.24, 2.45) is 5.92 Å². The van der Waals surface area contributed by atoms with Gasteiger partial charge in [-0.2, -0.15) is 26.3 Å². The number of hydrogen-bond acceptors (Lipinski definition) is 4. The zero-order valence-electron chi connectivity index (χ0n) is 20.9. The van der Waals surface area contributed by atoms with Crippen molar-refractivity contribution in [3.05, 3.63) is 59.7 Å². The van der Waals surface area contributed by atoms with Crippen LogP contribution < -0.4 is 5.32 Å². The molecule has 4 rings (SSSR count). The first-order chi connectivity index (χ1) is 17.8. The molecule has 1 amide bonds. The van der Waals surface area contributed by atoms with E-state index in [2.05, 4.69) is 5.32 Å². The number of nitrogens with zero attached hydrogens (tertiary/aromatic N) is 1. The van der Waals surface area contributed by atoms with Gasteiger partial charge in [-0.25, -0.2) is 0 Å². The average molecular weight is 545 g/mol. The predicted octanol–water partition coefficient (Wildman–Crippen LogP) is 5.34. The third-order valence-corrected chi connectivity index (χ3v) is 7.04. The van der Waals surface area contributed by atoms with Gasteiger partial charge in [0.05, 0.1) is 30.4 Å². The van der Waals surface area contributed by atoms with Gasteiger partial charge in [0.25, 0.3) is 0 Å². The lowest BCUT2D eigenvalue weighted by Gasteiger charge is -2.33. The molecule has 2 fully saturated rings. The van der Waals surface area contributed by atoms with Crippen LogP contribution in [0.25, 0.3) is 11.1 Å². The highest BCUT2D eigenvalue weighted by Crippen LogP contribution is 2.37. The van der Waals surface area contributed by atoms with Crippen LogP contribution in [-0.4, -0.2) is 59.5 Å². The zero-order chi connectivity index (χ0) is 27.8. The zero-order valence-corrected chi connectivity index (χ0v) is 20.9. The molecule has 5 atom stereocenters. The maximum absolute atomic E-state index is 14.2. The van der Waals surface area contributed by atoms with E-state index in [1.54, 1.807) is 0 Å². The Morgan fingerprint density at radius 1 is 1.03 bits per heavy atom. The number of carbonyl (C=O) groups excluding carboxylic acids is 1. The van der Waals surface area contributed by atoms with Crippen LogP contribution >= 0.6 is 0 Å². The number of amides is 1. The summed E-state index contributed by atoms with van der Waals surface area (Å²) in [5.74, 6) is -0.595. The van der Waals surface area contributed by atoms with Crippen LogP contribution in [0.3, 0.4) is 0 Å². The van der Waals surface area contributed by atoms with Gasteiger partial charge in [-0.15, -0.1) is 0 Å². The van der Waals surface area contributed by atoms with Crippen LogP contribution in [0.4, 0.5) is 26.3 Å². The van der Waals surface area contributed by atoms with Gasteiger partial charge in [0.2, 0.25) is 5.91 Å². The number of carbonyl (C=O) groups is 1. The number of halogens is 6. The van der Waals surface area contributed by atoms with E-state index in [1.807, 2.05) is 13.8 Å². The lowest BCUT2D eigenvalue weighted by molar-refractivity contribution is -0.163. The van der Waals surface area contributed by atoms with E-state index in [4.69, 9.17) is 4.74 Å². The molecule has 2 aromatic carbocycles. The Morgan fingerprint density at radius 3 is 2.13 bits per heavy atom. The first-order valence-corrected chi connectivity index (χ1v) is 12.5. The number of rotatable bonds is 7. The normalized spacial score (nSPS) is 23.5. The molecule has 0 aliphatic carbocycles. The Balaban J connectivity index is 1.56. The van der Waals surface area contributed by atoms with Crippen molar-refractivity contribution in [3.63, 3.8) is 0 Å². The number of nitrogens with one attached hydrogen (secondary N) is 1. The fourth-order valence-electron chi connectivity index (χ4n) is 5.21. The van der Waals surface area contributed by atoms with E-state index in [1.165, 1.54) is 41.3 Å². The summed E-state index contributed by atoms with van der Waals surface area (Å²) >= 11 is 0. The molecule has 2 saturated heterocycles. The summed E-state index contributed by atoms with van der Waals surface area (Å²) in [6.07, 6.45) is -9.77. The first-order valence-electron chi connectivity index (χ1n) is 12.5. The molecule has 38 heavy (non-hydrogen) atoms. The number of fused-ring (bicyclic) bond motifs is 1. The number of hydrogen-bond donors (Lipinski definition) is 2. The van der Waals surface area contributed by atoms with E-state index in [0.29, 0.717) is 24.1 Å². The van der Waals surface area contributed by atoms with Crippen LogP contribution in [0.2, 0.25) is 0 Å². The topological polar surface area (TPSA) is 61.8 Å². The number of aliphatic hydroxyl groups excluding tert-OH is 1. The molecule has 2 aliphatic heterocycles. The van der Waals surface area contributed by atoms with Gasteiger partial charge in [-0.05, 0) is 47.6 Å². The predicted molar refractivity (Wildman–Crippen MR) is 128 cm³/mol. The third-order valence-electron chi connectivity index (χ3n) is 7.04. The summed E-state index contributed by atoms with van der Waals surface area (Å²) in [6.45, 7) is 3.99. The minimum absolute atomic E-state index is 0.0812. The Labute approximate surface area is 216 Å². The second kappa shape index (κ2) is 10.9. The van der Waals surface area contributed by atoms with Crippen molar-refractivity contribution in [2.45, 2.75) is 69.4 Å². The van der Waals surface area contributed by atoms with Crippen LogP contribution in [-0.2, 0) is 15.7 Å². The Bertz CT molecular complexity index is 1100. The number of likely N-dealkylation sites (tertiary alicyclic amines) is 1. The molecule has 2 aliphatic rings. The van der Waals surface area contributed by atoms with E-state index in [-0.39, 0.29) is 30.6 Å². The van der Waals surface area contributed by atoms with Crippen molar-refractivity contribution in [2.75, 3.05) is 13.2 Å². The van der Waals surface area contributed by atoms with Gasteiger partial charge in [-0.3, -0.25) is 10.1 Å². The Morgan fingerprint density at radius 2 is 1.61 bits per heavy atom.